The fourth-order valence-electron chi connectivity index (χ4n) is 2.51. The Morgan fingerprint density at radius 2 is 2.19 bits per heavy atom. The molecule has 21 heavy (non-hydrogen) atoms. The van der Waals surface area contributed by atoms with Gasteiger partial charge in [0.25, 0.3) is 0 Å². The average Bonchev–Trinajstić information content (AvgIpc) is 2.69. The molecule has 116 valence electrons. The molecule has 4 nitrogen and oxygen atoms in total. The van der Waals surface area contributed by atoms with Crippen LogP contribution in [0.3, 0.4) is 0 Å². The molecule has 0 aromatic heterocycles. The first kappa shape index (κ1) is 16.1. The molecule has 0 spiro atoms. The van der Waals surface area contributed by atoms with Crippen LogP contribution in [-0.4, -0.2) is 40.4 Å². The van der Waals surface area contributed by atoms with Crippen LogP contribution in [0.5, 0.6) is 0 Å². The molecule has 1 fully saturated rings. The zero-order valence-electron chi connectivity index (χ0n) is 12.7. The van der Waals surface area contributed by atoms with Gasteiger partial charge in [0.2, 0.25) is 0 Å². The molecular weight excluding hydrogens is 290 g/mol. The summed E-state index contributed by atoms with van der Waals surface area (Å²) >= 11 is 5.96. The van der Waals surface area contributed by atoms with Crippen molar-refractivity contribution < 1.29 is 14.6 Å². The molecule has 0 aliphatic carbocycles. The van der Waals surface area contributed by atoms with Crippen molar-refractivity contribution in [1.82, 2.24) is 4.90 Å². The Morgan fingerprint density at radius 3 is 2.81 bits per heavy atom. The van der Waals surface area contributed by atoms with Gasteiger partial charge in [-0.3, -0.25) is 0 Å². The zero-order chi connectivity index (χ0) is 15.7. The first-order valence-electron chi connectivity index (χ1n) is 7.12. The molecule has 1 heterocycles. The maximum absolute atomic E-state index is 12.0. The minimum absolute atomic E-state index is 0.286. The average molecular weight is 312 g/mol. The number of likely N-dealkylation sites (tertiary alicyclic amines) is 1. The fraction of sp³-hybridized carbons (Fsp3) is 0.562. The van der Waals surface area contributed by atoms with Gasteiger partial charge < -0.3 is 14.7 Å². The van der Waals surface area contributed by atoms with Gasteiger partial charge in [-0.05, 0) is 44.9 Å². The van der Waals surface area contributed by atoms with Crippen molar-refractivity contribution in [3.8, 4) is 0 Å². The zero-order valence-corrected chi connectivity index (χ0v) is 13.5. The smallest absolute Gasteiger partial charge is 0.410 e. The van der Waals surface area contributed by atoms with Gasteiger partial charge >= 0.3 is 6.09 Å². The standard InChI is InChI=1S/C16H22ClNO3/c1-15(2,3)21-14(19)18-8-7-16(20,11-18)10-12-5-4-6-13(17)9-12/h4-6,9,20H,7-8,10-11H2,1-3H3. The van der Waals surface area contributed by atoms with E-state index >= 15 is 0 Å². The molecule has 1 amide bonds. The predicted molar refractivity (Wildman–Crippen MR) is 82.5 cm³/mol. The van der Waals surface area contributed by atoms with Gasteiger partial charge in [-0.15, -0.1) is 0 Å². The number of hydrogen-bond donors (Lipinski definition) is 1. The first-order chi connectivity index (χ1) is 9.67. The van der Waals surface area contributed by atoms with E-state index in [4.69, 9.17) is 16.3 Å². The Morgan fingerprint density at radius 1 is 1.48 bits per heavy atom. The van der Waals surface area contributed by atoms with Crippen molar-refractivity contribution in [2.75, 3.05) is 13.1 Å². The SMILES string of the molecule is CC(C)(C)OC(=O)N1CCC(O)(Cc2cccc(Cl)c2)C1. The van der Waals surface area contributed by atoms with Gasteiger partial charge in [0.1, 0.15) is 5.60 Å². The highest BCUT2D eigenvalue weighted by Gasteiger charge is 2.39. The molecule has 5 heteroatoms. The van der Waals surface area contributed by atoms with E-state index in [0.717, 1.165) is 5.56 Å². The highest BCUT2D eigenvalue weighted by Crippen LogP contribution is 2.27. The number of amides is 1. The highest BCUT2D eigenvalue weighted by molar-refractivity contribution is 6.30. The van der Waals surface area contributed by atoms with Gasteiger partial charge in [0, 0.05) is 18.0 Å². The number of ether oxygens (including phenoxy) is 1. The third-order valence-corrected chi connectivity index (χ3v) is 3.64. The number of halogens is 1. The van der Waals surface area contributed by atoms with Gasteiger partial charge in [-0.2, -0.15) is 0 Å². The van der Waals surface area contributed by atoms with E-state index in [9.17, 15) is 9.90 Å². The van der Waals surface area contributed by atoms with Gasteiger partial charge in [0.15, 0.2) is 0 Å². The summed E-state index contributed by atoms with van der Waals surface area (Å²) in [4.78, 5) is 13.6. The summed E-state index contributed by atoms with van der Waals surface area (Å²) < 4.78 is 5.34. The normalized spacial score (nSPS) is 22.4. The number of carbonyl (C=O) groups is 1. The number of rotatable bonds is 2. The summed E-state index contributed by atoms with van der Waals surface area (Å²) in [5, 5.41) is 11.3. The van der Waals surface area contributed by atoms with E-state index in [1.807, 2.05) is 39.0 Å². The maximum Gasteiger partial charge on any atom is 0.410 e. The van der Waals surface area contributed by atoms with Crippen molar-refractivity contribution >= 4 is 17.7 Å². The third kappa shape index (κ3) is 4.61. The van der Waals surface area contributed by atoms with Crippen LogP contribution in [-0.2, 0) is 11.2 Å². The minimum Gasteiger partial charge on any atom is -0.444 e. The molecule has 1 unspecified atom stereocenters. The number of hydrogen-bond acceptors (Lipinski definition) is 3. The van der Waals surface area contributed by atoms with Gasteiger partial charge in [-0.25, -0.2) is 4.79 Å². The van der Waals surface area contributed by atoms with Crippen molar-refractivity contribution in [1.29, 1.82) is 0 Å². The Hall–Kier alpha value is -1.26. The van der Waals surface area contributed by atoms with Crippen LogP contribution >= 0.6 is 11.6 Å². The lowest BCUT2D eigenvalue weighted by Gasteiger charge is -2.26. The van der Waals surface area contributed by atoms with Crippen LogP contribution in [0.15, 0.2) is 24.3 Å². The second kappa shape index (κ2) is 5.85. The van der Waals surface area contributed by atoms with Gasteiger partial charge in [0.05, 0.1) is 12.1 Å². The van der Waals surface area contributed by atoms with E-state index in [-0.39, 0.29) is 12.6 Å². The number of β-amino-alcohol motifs (C(OH)–C–C–N with tert-alkyl or cyclic N) is 1. The second-order valence-corrected chi connectivity index (χ2v) is 7.12. The molecular formula is C16H22ClNO3. The first-order valence-corrected chi connectivity index (χ1v) is 7.49. The van der Waals surface area contributed by atoms with Crippen LogP contribution < -0.4 is 0 Å². The summed E-state index contributed by atoms with van der Waals surface area (Å²) in [5.41, 5.74) is -0.470. The Balaban J connectivity index is 1.98. The Labute approximate surface area is 130 Å². The Bertz CT molecular complexity index is 526. The molecule has 0 bridgehead atoms. The number of carbonyl (C=O) groups excluding carboxylic acids is 1. The topological polar surface area (TPSA) is 49.8 Å². The van der Waals surface area contributed by atoms with Crippen LogP contribution in [0.1, 0.15) is 32.8 Å². The molecule has 1 N–H and O–H groups in total. The lowest BCUT2D eigenvalue weighted by Crippen LogP contribution is -2.40. The highest BCUT2D eigenvalue weighted by atomic mass is 35.5. The van der Waals surface area contributed by atoms with Crippen molar-refractivity contribution in [2.45, 2.75) is 44.8 Å². The maximum atomic E-state index is 12.0. The van der Waals surface area contributed by atoms with Crippen LogP contribution in [0.25, 0.3) is 0 Å². The van der Waals surface area contributed by atoms with Crippen molar-refractivity contribution in [3.63, 3.8) is 0 Å². The second-order valence-electron chi connectivity index (χ2n) is 6.68. The summed E-state index contributed by atoms with van der Waals surface area (Å²) in [6.07, 6.45) is 0.649. The minimum atomic E-state index is -0.915. The monoisotopic (exact) mass is 311 g/mol. The molecule has 1 atom stereocenters. The molecule has 1 aliphatic rings. The van der Waals surface area contributed by atoms with E-state index < -0.39 is 11.2 Å². The number of nitrogens with zero attached hydrogens (tertiary/aromatic N) is 1. The molecule has 2 rings (SSSR count). The lowest BCUT2D eigenvalue weighted by atomic mass is 9.94. The van der Waals surface area contributed by atoms with Crippen LogP contribution in [0.4, 0.5) is 4.79 Å². The molecule has 0 radical (unpaired) electrons. The lowest BCUT2D eigenvalue weighted by molar-refractivity contribution is 0.0153. The molecule has 1 saturated heterocycles. The van der Waals surface area contributed by atoms with Crippen molar-refractivity contribution in [2.24, 2.45) is 0 Å². The summed E-state index contributed by atoms with van der Waals surface area (Å²) in [6, 6.07) is 7.44. The van der Waals surface area contributed by atoms with E-state index in [2.05, 4.69) is 0 Å². The number of benzene rings is 1. The van der Waals surface area contributed by atoms with E-state index in [1.54, 1.807) is 11.0 Å². The quantitative estimate of drug-likeness (QED) is 0.912. The van der Waals surface area contributed by atoms with Crippen LogP contribution in [0, 0.1) is 0 Å². The summed E-state index contributed by atoms with van der Waals surface area (Å²) in [7, 11) is 0. The van der Waals surface area contributed by atoms with E-state index in [1.165, 1.54) is 0 Å². The van der Waals surface area contributed by atoms with Crippen molar-refractivity contribution in [3.05, 3.63) is 34.9 Å². The fourth-order valence-corrected chi connectivity index (χ4v) is 2.72. The number of aliphatic hydroxyl groups is 1. The van der Waals surface area contributed by atoms with E-state index in [0.29, 0.717) is 24.4 Å². The largest absolute Gasteiger partial charge is 0.444 e. The predicted octanol–water partition coefficient (Wildman–Crippen LogP) is 3.25. The van der Waals surface area contributed by atoms with Crippen LogP contribution in [0.2, 0.25) is 5.02 Å². The summed E-state index contributed by atoms with van der Waals surface area (Å²) in [6.45, 7) is 6.29. The third-order valence-electron chi connectivity index (χ3n) is 3.41. The molecule has 1 aliphatic heterocycles. The molecule has 0 saturated carbocycles. The molecule has 1 aromatic carbocycles. The summed E-state index contributed by atoms with van der Waals surface area (Å²) in [5.74, 6) is 0. The van der Waals surface area contributed by atoms with Gasteiger partial charge in [-0.1, -0.05) is 23.7 Å². The molecule has 1 aromatic rings. The Kier molecular flexibility index (Phi) is 4.49.